The molecule has 1 aromatic rings. The van der Waals surface area contributed by atoms with Crippen molar-refractivity contribution in [3.8, 4) is 0 Å². The molecule has 2 N–H and O–H groups in total. The lowest BCUT2D eigenvalue weighted by Crippen LogP contribution is -2.25. The molecule has 0 aliphatic carbocycles. The third-order valence-corrected chi connectivity index (χ3v) is 3.65. The number of non-ortho nitro benzene ring substituents is 1. The zero-order valence-corrected chi connectivity index (χ0v) is 11.6. The Kier molecular flexibility index (Phi) is 5.94. The summed E-state index contributed by atoms with van der Waals surface area (Å²) >= 11 is 1.60. The van der Waals surface area contributed by atoms with Gasteiger partial charge in [0.25, 0.3) is 5.69 Å². The molecule has 5 nitrogen and oxygen atoms in total. The van der Waals surface area contributed by atoms with E-state index in [0.717, 1.165) is 30.3 Å². The van der Waals surface area contributed by atoms with Crippen molar-refractivity contribution >= 4 is 23.1 Å². The van der Waals surface area contributed by atoms with Crippen LogP contribution in [0, 0.1) is 10.1 Å². The minimum atomic E-state index is -0.412. The van der Waals surface area contributed by atoms with Crippen molar-refractivity contribution < 1.29 is 4.92 Å². The maximum absolute atomic E-state index is 10.7. The van der Waals surface area contributed by atoms with E-state index in [4.69, 9.17) is 5.73 Å². The minimum absolute atomic E-state index is 0.0559. The highest BCUT2D eigenvalue weighted by Gasteiger charge is 2.09. The number of anilines is 1. The van der Waals surface area contributed by atoms with Crippen molar-refractivity contribution in [3.05, 3.63) is 28.3 Å². The lowest BCUT2D eigenvalue weighted by Gasteiger charge is -2.17. The number of nitro benzene ring substituents is 1. The largest absolute Gasteiger partial charge is 0.398 e. The van der Waals surface area contributed by atoms with E-state index in [2.05, 4.69) is 18.7 Å². The summed E-state index contributed by atoms with van der Waals surface area (Å²) in [5.41, 5.74) is 6.15. The zero-order chi connectivity index (χ0) is 13.5. The maximum atomic E-state index is 10.7. The Balaban J connectivity index is 2.59. The number of hydrogen-bond donors (Lipinski definition) is 1. The molecule has 0 aliphatic rings. The molecule has 0 heterocycles. The van der Waals surface area contributed by atoms with Crippen LogP contribution in [0.4, 0.5) is 11.4 Å². The molecule has 6 heteroatoms. The van der Waals surface area contributed by atoms with E-state index >= 15 is 0 Å². The molecule has 0 spiro atoms. The molecule has 0 amide bonds. The van der Waals surface area contributed by atoms with E-state index < -0.39 is 4.92 Å². The second kappa shape index (κ2) is 7.23. The Morgan fingerprint density at radius 3 is 2.56 bits per heavy atom. The van der Waals surface area contributed by atoms with E-state index in [0.29, 0.717) is 5.69 Å². The predicted octanol–water partition coefficient (Wildman–Crippen LogP) is 2.61. The van der Waals surface area contributed by atoms with Crippen molar-refractivity contribution in [2.45, 2.75) is 18.7 Å². The molecular formula is C12H19N3O2S. The van der Waals surface area contributed by atoms with Crippen LogP contribution >= 0.6 is 11.8 Å². The quantitative estimate of drug-likeness (QED) is 0.356. The smallest absolute Gasteiger partial charge is 0.272 e. The fourth-order valence-corrected chi connectivity index (χ4v) is 2.64. The molecule has 0 aliphatic heterocycles. The second-order valence-electron chi connectivity index (χ2n) is 3.89. The van der Waals surface area contributed by atoms with Crippen LogP contribution in [0.15, 0.2) is 23.1 Å². The first kappa shape index (κ1) is 14.8. The molecule has 0 fully saturated rings. The van der Waals surface area contributed by atoms with Gasteiger partial charge in [-0.05, 0) is 19.2 Å². The van der Waals surface area contributed by atoms with Gasteiger partial charge in [-0.2, -0.15) is 0 Å². The first-order valence-electron chi connectivity index (χ1n) is 5.97. The SMILES string of the molecule is CCN(CC)CCSc1cc(N)cc([N+](=O)[O-])c1. The molecule has 100 valence electrons. The third kappa shape index (κ3) is 4.54. The third-order valence-electron chi connectivity index (χ3n) is 2.70. The Morgan fingerprint density at radius 2 is 2.00 bits per heavy atom. The van der Waals surface area contributed by atoms with Gasteiger partial charge in [0.05, 0.1) is 4.92 Å². The van der Waals surface area contributed by atoms with Crippen LogP contribution in [0.5, 0.6) is 0 Å². The number of hydrogen-bond acceptors (Lipinski definition) is 5. The number of thioether (sulfide) groups is 1. The Morgan fingerprint density at radius 1 is 1.33 bits per heavy atom. The van der Waals surface area contributed by atoms with Crippen molar-refractivity contribution in [1.82, 2.24) is 4.90 Å². The monoisotopic (exact) mass is 269 g/mol. The summed E-state index contributed by atoms with van der Waals surface area (Å²) < 4.78 is 0. The van der Waals surface area contributed by atoms with Gasteiger partial charge in [0, 0.05) is 35.0 Å². The minimum Gasteiger partial charge on any atom is -0.398 e. The number of nitro groups is 1. The lowest BCUT2D eigenvalue weighted by atomic mass is 10.3. The molecule has 0 aromatic heterocycles. The maximum Gasteiger partial charge on any atom is 0.272 e. The summed E-state index contributed by atoms with van der Waals surface area (Å²) in [6, 6.07) is 4.73. The van der Waals surface area contributed by atoms with Gasteiger partial charge in [-0.25, -0.2) is 0 Å². The standard InChI is InChI=1S/C12H19N3O2S/c1-3-14(4-2)5-6-18-12-8-10(13)7-11(9-12)15(16)17/h7-9H,3-6,13H2,1-2H3. The average Bonchev–Trinajstić information content (AvgIpc) is 2.34. The molecule has 1 aromatic carbocycles. The predicted molar refractivity (Wildman–Crippen MR) is 76.0 cm³/mol. The van der Waals surface area contributed by atoms with E-state index in [-0.39, 0.29) is 5.69 Å². The van der Waals surface area contributed by atoms with Crippen LogP contribution in [0.3, 0.4) is 0 Å². The number of rotatable bonds is 7. The van der Waals surface area contributed by atoms with Crippen LogP contribution in [-0.4, -0.2) is 35.2 Å². The highest BCUT2D eigenvalue weighted by atomic mass is 32.2. The van der Waals surface area contributed by atoms with Crippen molar-refractivity contribution in [3.63, 3.8) is 0 Å². The highest BCUT2D eigenvalue weighted by Crippen LogP contribution is 2.26. The van der Waals surface area contributed by atoms with Crippen LogP contribution in [-0.2, 0) is 0 Å². The molecule has 0 bridgehead atoms. The number of nitrogens with two attached hydrogens (primary N) is 1. The molecule has 0 saturated heterocycles. The lowest BCUT2D eigenvalue weighted by molar-refractivity contribution is -0.385. The van der Waals surface area contributed by atoms with Crippen LogP contribution in [0.1, 0.15) is 13.8 Å². The summed E-state index contributed by atoms with van der Waals surface area (Å²) in [5.74, 6) is 0.905. The van der Waals surface area contributed by atoms with Gasteiger partial charge in [-0.3, -0.25) is 10.1 Å². The summed E-state index contributed by atoms with van der Waals surface area (Å²) in [6.45, 7) is 7.27. The Labute approximate surface area is 111 Å². The van der Waals surface area contributed by atoms with Crippen molar-refractivity contribution in [2.75, 3.05) is 31.1 Å². The van der Waals surface area contributed by atoms with E-state index in [1.165, 1.54) is 6.07 Å². The van der Waals surface area contributed by atoms with Gasteiger partial charge in [-0.15, -0.1) is 11.8 Å². The van der Waals surface area contributed by atoms with Crippen LogP contribution in [0.2, 0.25) is 0 Å². The Hall–Kier alpha value is -1.27. The molecule has 0 radical (unpaired) electrons. The van der Waals surface area contributed by atoms with Crippen molar-refractivity contribution in [1.29, 1.82) is 0 Å². The molecule has 18 heavy (non-hydrogen) atoms. The van der Waals surface area contributed by atoms with Gasteiger partial charge < -0.3 is 10.6 Å². The highest BCUT2D eigenvalue weighted by molar-refractivity contribution is 7.99. The summed E-state index contributed by atoms with van der Waals surface area (Å²) in [7, 11) is 0. The van der Waals surface area contributed by atoms with Gasteiger partial charge >= 0.3 is 0 Å². The number of nitrogen functional groups attached to an aromatic ring is 1. The normalized spacial score (nSPS) is 10.8. The van der Waals surface area contributed by atoms with Gasteiger partial charge in [-0.1, -0.05) is 13.8 Å². The van der Waals surface area contributed by atoms with Gasteiger partial charge in [0.1, 0.15) is 0 Å². The van der Waals surface area contributed by atoms with Gasteiger partial charge in [0.15, 0.2) is 0 Å². The summed E-state index contributed by atoms with van der Waals surface area (Å²) in [4.78, 5) is 13.5. The zero-order valence-electron chi connectivity index (χ0n) is 10.8. The van der Waals surface area contributed by atoms with Gasteiger partial charge in [0.2, 0.25) is 0 Å². The fourth-order valence-electron chi connectivity index (χ4n) is 1.63. The first-order chi connectivity index (χ1) is 8.56. The van der Waals surface area contributed by atoms with E-state index in [1.54, 1.807) is 23.9 Å². The summed E-state index contributed by atoms with van der Waals surface area (Å²) in [6.07, 6.45) is 0. The molecule has 1 rings (SSSR count). The summed E-state index contributed by atoms with van der Waals surface area (Å²) in [5, 5.41) is 10.7. The van der Waals surface area contributed by atoms with Crippen LogP contribution < -0.4 is 5.73 Å². The van der Waals surface area contributed by atoms with Crippen molar-refractivity contribution in [2.24, 2.45) is 0 Å². The first-order valence-corrected chi connectivity index (χ1v) is 6.95. The number of benzene rings is 1. The average molecular weight is 269 g/mol. The molecule has 0 atom stereocenters. The molecule has 0 saturated carbocycles. The van der Waals surface area contributed by atoms with E-state index in [9.17, 15) is 10.1 Å². The molecular weight excluding hydrogens is 250 g/mol. The fraction of sp³-hybridized carbons (Fsp3) is 0.500. The molecule has 0 unspecified atom stereocenters. The van der Waals surface area contributed by atoms with E-state index in [1.807, 2.05) is 0 Å². The topological polar surface area (TPSA) is 72.4 Å². The second-order valence-corrected chi connectivity index (χ2v) is 5.06. The number of nitrogens with zero attached hydrogens (tertiary/aromatic N) is 2. The Bertz CT molecular complexity index is 408. The van der Waals surface area contributed by atoms with Crippen LogP contribution in [0.25, 0.3) is 0 Å².